The molecule has 1 aromatic carbocycles. The monoisotopic (exact) mass is 264 g/mol. The fourth-order valence-electron chi connectivity index (χ4n) is 1.06. The highest BCUT2D eigenvalue weighted by Gasteiger charge is 2.32. The van der Waals surface area contributed by atoms with E-state index in [2.05, 4.69) is 21.2 Å². The van der Waals surface area contributed by atoms with Gasteiger partial charge in [-0.25, -0.2) is 0 Å². The Balaban J connectivity index is 2.33. The normalized spacial score (nSPS) is 15.4. The highest BCUT2D eigenvalue weighted by molar-refractivity contribution is 9.08. The third-order valence-corrected chi connectivity index (χ3v) is 2.26. The summed E-state index contributed by atoms with van der Waals surface area (Å²) in [5.41, 5.74) is -0.206. The van der Waals surface area contributed by atoms with E-state index in [9.17, 15) is 13.2 Å². The molecular formula is C8H4BrF3N2. The van der Waals surface area contributed by atoms with Crippen molar-refractivity contribution >= 4 is 22.0 Å². The van der Waals surface area contributed by atoms with Gasteiger partial charge in [0.05, 0.1) is 21.7 Å². The van der Waals surface area contributed by atoms with E-state index in [-0.39, 0.29) is 0 Å². The Labute approximate surface area is 86.4 Å². The Kier molecular flexibility index (Phi) is 2.02. The van der Waals surface area contributed by atoms with Crippen LogP contribution in [0.5, 0.6) is 0 Å². The Morgan fingerprint density at radius 1 is 1.29 bits per heavy atom. The van der Waals surface area contributed by atoms with Gasteiger partial charge in [0.1, 0.15) is 0 Å². The molecule has 0 N–H and O–H groups in total. The summed E-state index contributed by atoms with van der Waals surface area (Å²) < 4.78 is 38.2. The molecule has 0 aromatic heterocycles. The molecule has 2 nitrogen and oxygen atoms in total. The third kappa shape index (κ3) is 1.75. The molecule has 2 rings (SSSR count). The van der Waals surface area contributed by atoms with Crippen LogP contribution in [0.25, 0.3) is 0 Å². The number of hydrazone groups is 1. The van der Waals surface area contributed by atoms with Crippen molar-refractivity contribution in [1.82, 2.24) is 4.03 Å². The number of hydrogen-bond acceptors (Lipinski definition) is 2. The lowest BCUT2D eigenvalue weighted by Crippen LogP contribution is -2.06. The van der Waals surface area contributed by atoms with Crippen LogP contribution in [-0.4, -0.2) is 9.87 Å². The standard InChI is InChI=1S/C8H4BrF3N2/c9-14-7(13-14)5-2-1-3-6(4-5)8(10,11)12/h1-4H. The molecule has 0 bridgehead atoms. The van der Waals surface area contributed by atoms with E-state index in [1.165, 1.54) is 10.1 Å². The molecule has 1 heterocycles. The van der Waals surface area contributed by atoms with E-state index in [0.29, 0.717) is 11.4 Å². The van der Waals surface area contributed by atoms with Crippen molar-refractivity contribution in [3.05, 3.63) is 35.4 Å². The Bertz CT molecular complexity index is 400. The van der Waals surface area contributed by atoms with Crippen LogP contribution in [0.15, 0.2) is 29.4 Å². The third-order valence-electron chi connectivity index (χ3n) is 1.77. The number of nitrogens with zero attached hydrogens (tertiary/aromatic N) is 2. The SMILES string of the molecule is FC(F)(F)c1cccc(C2=NN2Br)c1. The van der Waals surface area contributed by atoms with E-state index < -0.39 is 11.7 Å². The number of rotatable bonds is 1. The molecule has 0 spiro atoms. The van der Waals surface area contributed by atoms with Crippen molar-refractivity contribution < 1.29 is 13.2 Å². The minimum atomic E-state index is -4.30. The lowest BCUT2D eigenvalue weighted by atomic mass is 10.1. The molecule has 0 aliphatic carbocycles. The Hall–Kier alpha value is -1.04. The van der Waals surface area contributed by atoms with Gasteiger partial charge >= 0.3 is 6.18 Å². The second kappa shape index (κ2) is 2.98. The summed E-state index contributed by atoms with van der Waals surface area (Å²) in [5, 5.41) is 3.75. The summed E-state index contributed by atoms with van der Waals surface area (Å²) in [6.07, 6.45) is -4.30. The van der Waals surface area contributed by atoms with Gasteiger partial charge in [-0.15, -0.1) is 5.10 Å². The number of halogens is 4. The molecular weight excluding hydrogens is 261 g/mol. The van der Waals surface area contributed by atoms with Crippen LogP contribution < -0.4 is 0 Å². The van der Waals surface area contributed by atoms with Gasteiger partial charge in [0.2, 0.25) is 0 Å². The molecule has 1 aliphatic rings. The Morgan fingerprint density at radius 2 is 1.93 bits per heavy atom. The van der Waals surface area contributed by atoms with Gasteiger partial charge in [-0.2, -0.15) is 17.2 Å². The van der Waals surface area contributed by atoms with Gasteiger partial charge in [-0.3, -0.25) is 0 Å². The molecule has 0 radical (unpaired) electrons. The summed E-state index contributed by atoms with van der Waals surface area (Å²) in [6, 6.07) is 5.04. The second-order valence-electron chi connectivity index (χ2n) is 2.76. The van der Waals surface area contributed by atoms with Gasteiger partial charge in [-0.05, 0) is 12.1 Å². The quantitative estimate of drug-likeness (QED) is 0.712. The fourth-order valence-corrected chi connectivity index (χ4v) is 1.41. The zero-order valence-electron chi connectivity index (χ0n) is 6.72. The van der Waals surface area contributed by atoms with Gasteiger partial charge < -0.3 is 0 Å². The Morgan fingerprint density at radius 3 is 2.43 bits per heavy atom. The molecule has 0 unspecified atom stereocenters. The highest BCUT2D eigenvalue weighted by Crippen LogP contribution is 2.31. The number of alkyl halides is 3. The maximum Gasteiger partial charge on any atom is 0.416 e. The van der Waals surface area contributed by atoms with E-state index in [0.717, 1.165) is 12.1 Å². The molecule has 74 valence electrons. The molecule has 14 heavy (non-hydrogen) atoms. The molecule has 0 atom stereocenters. The first-order valence-corrected chi connectivity index (χ1v) is 4.41. The maximum atomic E-state index is 12.3. The lowest BCUT2D eigenvalue weighted by Gasteiger charge is -2.06. The summed E-state index contributed by atoms with van der Waals surface area (Å²) in [7, 11) is 0. The van der Waals surface area contributed by atoms with Crippen molar-refractivity contribution in [2.75, 3.05) is 0 Å². The average molecular weight is 265 g/mol. The van der Waals surface area contributed by atoms with E-state index in [1.807, 2.05) is 0 Å². The first kappa shape index (κ1) is 9.51. The summed E-state index contributed by atoms with van der Waals surface area (Å²) in [5.74, 6) is 0.510. The largest absolute Gasteiger partial charge is 0.416 e. The van der Waals surface area contributed by atoms with Gasteiger partial charge in [0.15, 0.2) is 5.84 Å². The van der Waals surface area contributed by atoms with Crippen molar-refractivity contribution in [3.8, 4) is 0 Å². The van der Waals surface area contributed by atoms with Crippen LogP contribution in [0.1, 0.15) is 11.1 Å². The van der Waals surface area contributed by atoms with Crippen LogP contribution in [0.3, 0.4) is 0 Å². The van der Waals surface area contributed by atoms with E-state index in [4.69, 9.17) is 0 Å². The highest BCUT2D eigenvalue weighted by atomic mass is 79.9. The van der Waals surface area contributed by atoms with Crippen LogP contribution in [0.4, 0.5) is 13.2 Å². The number of amidine groups is 1. The first-order valence-electron chi connectivity index (χ1n) is 3.70. The second-order valence-corrected chi connectivity index (χ2v) is 3.43. The van der Waals surface area contributed by atoms with E-state index >= 15 is 0 Å². The zero-order valence-corrected chi connectivity index (χ0v) is 8.30. The predicted molar refractivity (Wildman–Crippen MR) is 48.7 cm³/mol. The molecule has 1 aromatic rings. The number of benzene rings is 1. The fraction of sp³-hybridized carbons (Fsp3) is 0.125. The average Bonchev–Trinajstić information content (AvgIpc) is 2.82. The summed E-state index contributed by atoms with van der Waals surface area (Å²) >= 11 is 3.01. The molecule has 1 aliphatic heterocycles. The topological polar surface area (TPSA) is 15.4 Å². The van der Waals surface area contributed by atoms with Crippen molar-refractivity contribution in [2.45, 2.75) is 6.18 Å². The number of hydrogen-bond donors (Lipinski definition) is 0. The van der Waals surface area contributed by atoms with Gasteiger partial charge in [-0.1, -0.05) is 12.1 Å². The molecule has 0 amide bonds. The van der Waals surface area contributed by atoms with Crippen LogP contribution in [0, 0.1) is 0 Å². The molecule has 6 heteroatoms. The lowest BCUT2D eigenvalue weighted by molar-refractivity contribution is -0.137. The zero-order chi connectivity index (χ0) is 10.3. The molecule has 0 saturated carbocycles. The smallest absolute Gasteiger partial charge is 0.175 e. The minimum Gasteiger partial charge on any atom is -0.175 e. The molecule has 0 saturated heterocycles. The minimum absolute atomic E-state index is 0.455. The summed E-state index contributed by atoms with van der Waals surface area (Å²) in [6.45, 7) is 0. The van der Waals surface area contributed by atoms with Crippen molar-refractivity contribution in [1.29, 1.82) is 0 Å². The van der Waals surface area contributed by atoms with Crippen molar-refractivity contribution in [2.24, 2.45) is 5.10 Å². The van der Waals surface area contributed by atoms with Crippen molar-refractivity contribution in [3.63, 3.8) is 0 Å². The first-order chi connectivity index (χ1) is 6.48. The maximum absolute atomic E-state index is 12.3. The molecule has 0 fully saturated rings. The van der Waals surface area contributed by atoms with Gasteiger partial charge in [0.25, 0.3) is 0 Å². The van der Waals surface area contributed by atoms with Gasteiger partial charge in [0, 0.05) is 5.56 Å². The van der Waals surface area contributed by atoms with E-state index in [1.54, 1.807) is 6.07 Å². The van der Waals surface area contributed by atoms with Crippen LogP contribution >= 0.6 is 16.1 Å². The summed E-state index contributed by atoms with van der Waals surface area (Å²) in [4.78, 5) is 0. The van der Waals surface area contributed by atoms with Crippen LogP contribution in [-0.2, 0) is 6.18 Å². The van der Waals surface area contributed by atoms with Crippen LogP contribution in [0.2, 0.25) is 0 Å². The predicted octanol–water partition coefficient (Wildman–Crippen LogP) is 2.99.